The van der Waals surface area contributed by atoms with E-state index in [2.05, 4.69) is 29.6 Å². The molecule has 1 aliphatic heterocycles. The Morgan fingerprint density at radius 2 is 1.69 bits per heavy atom. The highest BCUT2D eigenvalue weighted by Gasteiger charge is 2.28. The summed E-state index contributed by atoms with van der Waals surface area (Å²) in [6.07, 6.45) is 1.43. The van der Waals surface area contributed by atoms with Gasteiger partial charge in [0.25, 0.3) is 0 Å². The lowest BCUT2D eigenvalue weighted by Crippen LogP contribution is -2.43. The van der Waals surface area contributed by atoms with Gasteiger partial charge in [-0.05, 0) is 47.7 Å². The third kappa shape index (κ3) is 5.43. The van der Waals surface area contributed by atoms with E-state index in [4.69, 9.17) is 9.47 Å². The Labute approximate surface area is 171 Å². The summed E-state index contributed by atoms with van der Waals surface area (Å²) in [6.45, 7) is 2.00. The fourth-order valence-corrected chi connectivity index (χ4v) is 3.67. The maximum Gasteiger partial charge on any atom is 0.126 e. The van der Waals surface area contributed by atoms with Gasteiger partial charge in [0, 0.05) is 13.1 Å². The van der Waals surface area contributed by atoms with Crippen LogP contribution >= 0.6 is 0 Å². The zero-order valence-electron chi connectivity index (χ0n) is 16.4. The van der Waals surface area contributed by atoms with Crippen molar-refractivity contribution in [3.05, 3.63) is 101 Å². The van der Waals surface area contributed by atoms with Crippen molar-refractivity contribution in [1.82, 2.24) is 5.32 Å². The van der Waals surface area contributed by atoms with Crippen LogP contribution < -0.4 is 10.1 Å². The Hall–Kier alpha value is -2.69. The summed E-state index contributed by atoms with van der Waals surface area (Å²) in [5.41, 5.74) is 3.30. The summed E-state index contributed by atoms with van der Waals surface area (Å²) < 4.78 is 26.0. The van der Waals surface area contributed by atoms with Crippen LogP contribution in [0, 0.1) is 5.82 Å². The van der Waals surface area contributed by atoms with Crippen molar-refractivity contribution in [1.29, 1.82) is 0 Å². The Morgan fingerprint density at radius 1 is 0.966 bits per heavy atom. The molecular formula is C25H26FNO2. The number of fused-ring (bicyclic) bond motifs is 1. The van der Waals surface area contributed by atoms with Gasteiger partial charge in [0.15, 0.2) is 0 Å². The molecule has 4 rings (SSSR count). The topological polar surface area (TPSA) is 30.5 Å². The van der Waals surface area contributed by atoms with Crippen LogP contribution in [0.4, 0.5) is 4.39 Å². The second-order valence-corrected chi connectivity index (χ2v) is 7.40. The first-order valence-corrected chi connectivity index (χ1v) is 10.1. The maximum absolute atomic E-state index is 13.5. The highest BCUT2D eigenvalue weighted by molar-refractivity contribution is 5.36. The molecule has 150 valence electrons. The minimum atomic E-state index is -0.216. The molecule has 0 radical (unpaired) electrons. The summed E-state index contributed by atoms with van der Waals surface area (Å²) in [5, 5.41) is 3.50. The van der Waals surface area contributed by atoms with Crippen molar-refractivity contribution in [2.24, 2.45) is 0 Å². The van der Waals surface area contributed by atoms with Crippen molar-refractivity contribution in [2.45, 2.75) is 38.2 Å². The van der Waals surface area contributed by atoms with Crippen molar-refractivity contribution < 1.29 is 13.9 Å². The van der Waals surface area contributed by atoms with Crippen LogP contribution in [0.2, 0.25) is 0 Å². The second-order valence-electron chi connectivity index (χ2n) is 7.40. The van der Waals surface area contributed by atoms with E-state index in [0.717, 1.165) is 36.3 Å². The number of halogens is 1. The molecular weight excluding hydrogens is 365 g/mol. The summed E-state index contributed by atoms with van der Waals surface area (Å²) in [4.78, 5) is 0. The van der Waals surface area contributed by atoms with Crippen molar-refractivity contribution >= 4 is 0 Å². The Bertz CT molecular complexity index is 901. The van der Waals surface area contributed by atoms with E-state index in [1.54, 1.807) is 12.1 Å². The monoisotopic (exact) mass is 391 g/mol. The van der Waals surface area contributed by atoms with Crippen LogP contribution in [0.3, 0.4) is 0 Å². The number of hydrogen-bond donors (Lipinski definition) is 1. The lowest BCUT2D eigenvalue weighted by Gasteiger charge is -2.32. The molecule has 0 saturated carbocycles. The first-order valence-electron chi connectivity index (χ1n) is 10.1. The summed E-state index contributed by atoms with van der Waals surface area (Å²) in [7, 11) is 0. The highest BCUT2D eigenvalue weighted by Crippen LogP contribution is 2.30. The molecule has 0 saturated heterocycles. The van der Waals surface area contributed by atoms with Crippen LogP contribution in [0.15, 0.2) is 78.9 Å². The van der Waals surface area contributed by atoms with Crippen LogP contribution in [0.25, 0.3) is 0 Å². The number of rotatable bonds is 8. The molecule has 0 bridgehead atoms. The Balaban J connectivity index is 1.41. The minimum Gasteiger partial charge on any atom is -0.487 e. The van der Waals surface area contributed by atoms with E-state index in [0.29, 0.717) is 13.2 Å². The third-order valence-corrected chi connectivity index (χ3v) is 5.24. The van der Waals surface area contributed by atoms with E-state index < -0.39 is 0 Å². The maximum atomic E-state index is 13.5. The van der Waals surface area contributed by atoms with Gasteiger partial charge in [-0.15, -0.1) is 0 Å². The molecule has 3 aromatic carbocycles. The second kappa shape index (κ2) is 9.68. The Morgan fingerprint density at radius 3 is 2.45 bits per heavy atom. The summed E-state index contributed by atoms with van der Waals surface area (Å²) in [5.74, 6) is 0.547. The normalized spacial score (nSPS) is 16.7. The van der Waals surface area contributed by atoms with Gasteiger partial charge in [0.05, 0.1) is 6.61 Å². The van der Waals surface area contributed by atoms with Crippen LogP contribution in [0.1, 0.15) is 23.1 Å². The van der Waals surface area contributed by atoms with Gasteiger partial charge < -0.3 is 14.8 Å². The first-order chi connectivity index (χ1) is 14.3. The number of ether oxygens (including phenoxy) is 2. The molecule has 1 N–H and O–H groups in total. The standard InChI is InChI=1S/C25H26FNO2/c26-22-12-14-23-21(15-22)11-13-24(29-23)25(28-18-20-9-5-2-6-10-20)17-27-16-19-7-3-1-4-8-19/h1-10,12,14-15,24-25,27H,11,13,16-18H2/t24-,25+/m0/s1. The van der Waals surface area contributed by atoms with E-state index >= 15 is 0 Å². The third-order valence-electron chi connectivity index (χ3n) is 5.24. The smallest absolute Gasteiger partial charge is 0.126 e. The molecule has 2 atom stereocenters. The number of benzene rings is 3. The SMILES string of the molecule is Fc1ccc2c(c1)CC[C@@H]([C@@H](CNCc1ccccc1)OCc1ccccc1)O2. The highest BCUT2D eigenvalue weighted by atomic mass is 19.1. The van der Waals surface area contributed by atoms with E-state index in [9.17, 15) is 4.39 Å². The van der Waals surface area contributed by atoms with Crippen molar-refractivity contribution in [3.8, 4) is 5.75 Å². The molecule has 3 nitrogen and oxygen atoms in total. The predicted octanol–water partition coefficient (Wildman–Crippen LogP) is 4.89. The zero-order chi connectivity index (χ0) is 19.9. The average Bonchev–Trinajstić information content (AvgIpc) is 2.77. The quantitative estimate of drug-likeness (QED) is 0.593. The predicted molar refractivity (Wildman–Crippen MR) is 112 cm³/mol. The van der Waals surface area contributed by atoms with Gasteiger partial charge in [-0.25, -0.2) is 4.39 Å². The van der Waals surface area contributed by atoms with Crippen LogP contribution in [-0.2, 0) is 24.3 Å². The van der Waals surface area contributed by atoms with Gasteiger partial charge in [-0.1, -0.05) is 60.7 Å². The number of nitrogens with one attached hydrogen (secondary N) is 1. The molecule has 29 heavy (non-hydrogen) atoms. The molecule has 3 aromatic rings. The summed E-state index contributed by atoms with van der Waals surface area (Å²) >= 11 is 0. The first kappa shape index (κ1) is 19.6. The molecule has 0 amide bonds. The van der Waals surface area contributed by atoms with Gasteiger partial charge in [0.1, 0.15) is 23.8 Å². The number of aryl methyl sites for hydroxylation is 1. The van der Waals surface area contributed by atoms with E-state index in [-0.39, 0.29) is 18.0 Å². The van der Waals surface area contributed by atoms with Crippen molar-refractivity contribution in [3.63, 3.8) is 0 Å². The Kier molecular flexibility index (Phi) is 6.55. The molecule has 1 heterocycles. The van der Waals surface area contributed by atoms with E-state index in [1.807, 2.05) is 36.4 Å². The lowest BCUT2D eigenvalue weighted by molar-refractivity contribution is -0.0406. The molecule has 0 unspecified atom stereocenters. The average molecular weight is 391 g/mol. The largest absolute Gasteiger partial charge is 0.487 e. The molecule has 4 heteroatoms. The molecule has 0 aliphatic carbocycles. The van der Waals surface area contributed by atoms with E-state index in [1.165, 1.54) is 11.6 Å². The summed E-state index contributed by atoms with van der Waals surface area (Å²) in [6, 6.07) is 25.2. The molecule has 0 spiro atoms. The lowest BCUT2D eigenvalue weighted by atomic mass is 9.98. The van der Waals surface area contributed by atoms with Gasteiger partial charge >= 0.3 is 0 Å². The minimum absolute atomic E-state index is 0.0695. The molecule has 1 aliphatic rings. The van der Waals surface area contributed by atoms with Crippen LogP contribution in [0.5, 0.6) is 5.75 Å². The van der Waals surface area contributed by atoms with Crippen molar-refractivity contribution in [2.75, 3.05) is 6.54 Å². The van der Waals surface area contributed by atoms with Crippen LogP contribution in [-0.4, -0.2) is 18.8 Å². The molecule has 0 aromatic heterocycles. The van der Waals surface area contributed by atoms with Gasteiger partial charge in [0.2, 0.25) is 0 Å². The van der Waals surface area contributed by atoms with Gasteiger partial charge in [-0.2, -0.15) is 0 Å². The molecule has 0 fully saturated rings. The zero-order valence-corrected chi connectivity index (χ0v) is 16.4. The van der Waals surface area contributed by atoms with Gasteiger partial charge in [-0.3, -0.25) is 0 Å². The number of hydrogen-bond acceptors (Lipinski definition) is 3. The fraction of sp³-hybridized carbons (Fsp3) is 0.280. The fourth-order valence-electron chi connectivity index (χ4n) is 3.67.